The first kappa shape index (κ1) is 16.5. The Balaban J connectivity index is 1.83. The molecule has 0 radical (unpaired) electrons. The molecule has 0 aliphatic carbocycles. The Morgan fingerprint density at radius 3 is 2.73 bits per heavy atom. The van der Waals surface area contributed by atoms with Gasteiger partial charge in [-0.3, -0.25) is 4.79 Å². The average molecular weight is 350 g/mol. The van der Waals surface area contributed by atoms with Gasteiger partial charge in [-0.15, -0.1) is 0 Å². The number of likely N-dealkylation sites (N-methyl/N-ethyl adjacent to an activating group) is 1. The number of H-pyrrole nitrogens is 1. The van der Waals surface area contributed by atoms with Gasteiger partial charge in [0.1, 0.15) is 5.82 Å². The molecule has 0 saturated carbocycles. The molecule has 0 fully saturated rings. The maximum Gasteiger partial charge on any atom is 0.264 e. The third-order valence-corrected chi connectivity index (χ3v) is 4.62. The zero-order valence-electron chi connectivity index (χ0n) is 14.4. The van der Waals surface area contributed by atoms with Crippen molar-refractivity contribution in [1.82, 2.24) is 15.1 Å². The minimum Gasteiger partial charge on any atom is -0.340 e. The van der Waals surface area contributed by atoms with Crippen LogP contribution in [0.1, 0.15) is 5.56 Å². The van der Waals surface area contributed by atoms with Crippen LogP contribution in [0.4, 0.5) is 15.8 Å². The first-order valence-corrected chi connectivity index (χ1v) is 8.51. The van der Waals surface area contributed by atoms with E-state index >= 15 is 0 Å². The van der Waals surface area contributed by atoms with Crippen LogP contribution in [0.5, 0.6) is 0 Å². The average Bonchev–Trinajstić information content (AvgIpc) is 2.80. The highest BCUT2D eigenvalue weighted by atomic mass is 19.1. The number of rotatable bonds is 2. The van der Waals surface area contributed by atoms with Gasteiger partial charge in [0.2, 0.25) is 0 Å². The van der Waals surface area contributed by atoms with E-state index in [1.54, 1.807) is 18.2 Å². The van der Waals surface area contributed by atoms with Crippen LogP contribution in [-0.4, -0.2) is 35.2 Å². The molecule has 2 heterocycles. The van der Waals surface area contributed by atoms with Crippen molar-refractivity contribution in [3.05, 3.63) is 76.3 Å². The van der Waals surface area contributed by atoms with Crippen molar-refractivity contribution in [2.75, 3.05) is 25.0 Å². The third-order valence-electron chi connectivity index (χ3n) is 4.62. The SMILES string of the molecule is CN1CCN(c2cccc(F)c2)c2cc(-c3ccc(=O)[nH]n3)ccc2C1. The number of hydrogen-bond acceptors (Lipinski definition) is 4. The molecular formula is C20H19FN4O. The van der Waals surface area contributed by atoms with Crippen LogP contribution in [-0.2, 0) is 6.54 Å². The molecule has 132 valence electrons. The molecule has 0 unspecified atom stereocenters. The normalized spacial score (nSPS) is 14.8. The lowest BCUT2D eigenvalue weighted by Gasteiger charge is -2.25. The molecule has 1 N–H and O–H groups in total. The fourth-order valence-electron chi connectivity index (χ4n) is 3.29. The molecule has 2 aromatic carbocycles. The highest BCUT2D eigenvalue weighted by Gasteiger charge is 2.20. The first-order chi connectivity index (χ1) is 12.6. The molecule has 5 nitrogen and oxygen atoms in total. The van der Waals surface area contributed by atoms with Gasteiger partial charge in [0.25, 0.3) is 5.56 Å². The predicted molar refractivity (Wildman–Crippen MR) is 100 cm³/mol. The molecule has 1 aliphatic heterocycles. The molecule has 0 bridgehead atoms. The number of benzene rings is 2. The number of nitrogens with one attached hydrogen (secondary N) is 1. The molecule has 26 heavy (non-hydrogen) atoms. The van der Waals surface area contributed by atoms with Crippen molar-refractivity contribution in [3.63, 3.8) is 0 Å². The fraction of sp³-hybridized carbons (Fsp3) is 0.200. The van der Waals surface area contributed by atoms with E-state index in [-0.39, 0.29) is 11.4 Å². The fourth-order valence-corrected chi connectivity index (χ4v) is 3.29. The highest BCUT2D eigenvalue weighted by molar-refractivity contribution is 5.73. The van der Waals surface area contributed by atoms with Crippen LogP contribution >= 0.6 is 0 Å². The van der Waals surface area contributed by atoms with Gasteiger partial charge in [0, 0.05) is 42.6 Å². The van der Waals surface area contributed by atoms with E-state index in [0.29, 0.717) is 5.69 Å². The van der Waals surface area contributed by atoms with Gasteiger partial charge in [-0.25, -0.2) is 9.49 Å². The molecule has 1 aromatic heterocycles. The lowest BCUT2D eigenvalue weighted by Crippen LogP contribution is -2.26. The zero-order valence-corrected chi connectivity index (χ0v) is 14.4. The summed E-state index contributed by atoms with van der Waals surface area (Å²) in [5.41, 5.74) is 4.41. The smallest absolute Gasteiger partial charge is 0.264 e. The monoisotopic (exact) mass is 350 g/mol. The van der Waals surface area contributed by atoms with E-state index in [4.69, 9.17) is 0 Å². The molecule has 1 aliphatic rings. The number of fused-ring (bicyclic) bond motifs is 1. The molecule has 0 atom stereocenters. The number of nitrogens with zero attached hydrogens (tertiary/aromatic N) is 3. The van der Waals surface area contributed by atoms with Crippen LogP contribution in [0.15, 0.2) is 59.4 Å². The standard InChI is InChI=1S/C20H19FN4O/c1-24-9-10-25(17-4-2-3-16(21)12-17)19-11-14(5-6-15(19)13-24)18-7-8-20(26)23-22-18/h2-8,11-12H,9-10,13H2,1H3,(H,23,26). The Morgan fingerprint density at radius 1 is 1.08 bits per heavy atom. The molecular weight excluding hydrogens is 331 g/mol. The number of anilines is 2. The van der Waals surface area contributed by atoms with Crippen molar-refractivity contribution >= 4 is 11.4 Å². The van der Waals surface area contributed by atoms with Crippen molar-refractivity contribution in [3.8, 4) is 11.3 Å². The predicted octanol–water partition coefficient (Wildman–Crippen LogP) is 3.16. The van der Waals surface area contributed by atoms with Gasteiger partial charge < -0.3 is 9.80 Å². The summed E-state index contributed by atoms with van der Waals surface area (Å²) in [5.74, 6) is -0.250. The van der Waals surface area contributed by atoms with Crippen LogP contribution in [0, 0.1) is 5.82 Å². The lowest BCUT2D eigenvalue weighted by molar-refractivity contribution is 0.343. The Bertz CT molecular complexity index is 981. The summed E-state index contributed by atoms with van der Waals surface area (Å²) in [6.45, 7) is 2.45. The quantitative estimate of drug-likeness (QED) is 0.771. The van der Waals surface area contributed by atoms with Crippen LogP contribution in [0.25, 0.3) is 11.3 Å². The van der Waals surface area contributed by atoms with Crippen LogP contribution < -0.4 is 10.5 Å². The summed E-state index contributed by atoms with van der Waals surface area (Å²) < 4.78 is 13.8. The molecule has 0 amide bonds. The van der Waals surface area contributed by atoms with E-state index < -0.39 is 0 Å². The molecule has 0 saturated heterocycles. The van der Waals surface area contributed by atoms with Crippen LogP contribution in [0.2, 0.25) is 0 Å². The van der Waals surface area contributed by atoms with Crippen molar-refractivity contribution in [1.29, 1.82) is 0 Å². The van der Waals surface area contributed by atoms with E-state index in [2.05, 4.69) is 39.2 Å². The van der Waals surface area contributed by atoms with Gasteiger partial charge in [-0.2, -0.15) is 5.10 Å². The number of halogens is 1. The molecule has 0 spiro atoms. The Labute approximate surface area is 150 Å². The number of aromatic nitrogens is 2. The van der Waals surface area contributed by atoms with Gasteiger partial charge in [0.15, 0.2) is 0 Å². The summed E-state index contributed by atoms with van der Waals surface area (Å²) in [5, 5.41) is 6.59. The number of hydrogen-bond donors (Lipinski definition) is 1. The van der Waals surface area contributed by atoms with E-state index in [1.807, 2.05) is 12.1 Å². The maximum atomic E-state index is 13.8. The van der Waals surface area contributed by atoms with E-state index in [9.17, 15) is 9.18 Å². The molecule has 4 rings (SSSR count). The zero-order chi connectivity index (χ0) is 18.1. The maximum absolute atomic E-state index is 13.8. The van der Waals surface area contributed by atoms with Crippen molar-refractivity contribution in [2.24, 2.45) is 0 Å². The van der Waals surface area contributed by atoms with Crippen molar-refractivity contribution < 1.29 is 4.39 Å². The lowest BCUT2D eigenvalue weighted by atomic mass is 10.0. The van der Waals surface area contributed by atoms with Gasteiger partial charge in [-0.1, -0.05) is 18.2 Å². The summed E-state index contributed by atoms with van der Waals surface area (Å²) in [6.07, 6.45) is 0. The summed E-state index contributed by atoms with van der Waals surface area (Å²) in [6, 6.07) is 16.0. The molecule has 3 aromatic rings. The van der Waals surface area contributed by atoms with E-state index in [0.717, 1.165) is 36.6 Å². The number of aromatic amines is 1. The Hall–Kier alpha value is -2.99. The molecule has 6 heteroatoms. The van der Waals surface area contributed by atoms with Gasteiger partial charge in [-0.05, 0) is 42.9 Å². The van der Waals surface area contributed by atoms with Gasteiger partial charge in [0.05, 0.1) is 5.69 Å². The highest BCUT2D eigenvalue weighted by Crippen LogP contribution is 2.34. The minimum atomic E-state index is -0.250. The second-order valence-electron chi connectivity index (χ2n) is 6.52. The second kappa shape index (κ2) is 6.72. The second-order valence-corrected chi connectivity index (χ2v) is 6.52. The Kier molecular flexibility index (Phi) is 4.26. The topological polar surface area (TPSA) is 52.2 Å². The minimum absolute atomic E-state index is 0.230. The summed E-state index contributed by atoms with van der Waals surface area (Å²) in [7, 11) is 2.08. The third kappa shape index (κ3) is 3.23. The summed E-state index contributed by atoms with van der Waals surface area (Å²) in [4.78, 5) is 15.7. The van der Waals surface area contributed by atoms with Crippen molar-refractivity contribution in [2.45, 2.75) is 6.54 Å². The van der Waals surface area contributed by atoms with E-state index in [1.165, 1.54) is 17.7 Å². The Morgan fingerprint density at radius 2 is 1.96 bits per heavy atom. The largest absolute Gasteiger partial charge is 0.340 e. The summed E-state index contributed by atoms with van der Waals surface area (Å²) >= 11 is 0. The first-order valence-electron chi connectivity index (χ1n) is 8.51. The van der Waals surface area contributed by atoms with Crippen LogP contribution in [0.3, 0.4) is 0 Å². The van der Waals surface area contributed by atoms with Gasteiger partial charge >= 0.3 is 0 Å².